The van der Waals surface area contributed by atoms with Gasteiger partial charge in [-0.05, 0) is 54.2 Å². The van der Waals surface area contributed by atoms with Crippen LogP contribution in [0.5, 0.6) is 0 Å². The van der Waals surface area contributed by atoms with Crippen molar-refractivity contribution in [1.82, 2.24) is 15.5 Å². The second-order valence-electron chi connectivity index (χ2n) is 9.00. The van der Waals surface area contributed by atoms with Crippen LogP contribution in [0, 0.1) is 0 Å². The first-order chi connectivity index (χ1) is 16.1. The van der Waals surface area contributed by atoms with Gasteiger partial charge < -0.3 is 10.6 Å². The molecule has 0 aliphatic carbocycles. The lowest BCUT2D eigenvalue weighted by atomic mass is 10.0. The number of nitrogens with one attached hydrogen (secondary N) is 2. The molecule has 1 saturated heterocycles. The van der Waals surface area contributed by atoms with Crippen LogP contribution in [0.2, 0.25) is 0 Å². The van der Waals surface area contributed by atoms with Gasteiger partial charge in [-0.15, -0.1) is 0 Å². The van der Waals surface area contributed by atoms with E-state index in [1.165, 1.54) is 16.3 Å². The number of carbonyl (C=O) groups is 2. The normalized spacial score (nSPS) is 15.8. The number of aryl methyl sites for hydroxylation is 1. The van der Waals surface area contributed by atoms with Crippen molar-refractivity contribution >= 4 is 22.6 Å². The first-order valence-corrected chi connectivity index (χ1v) is 11.9. The summed E-state index contributed by atoms with van der Waals surface area (Å²) in [7, 11) is 0. The Balaban J connectivity index is 1.17. The number of piperidine rings is 1. The van der Waals surface area contributed by atoms with Gasteiger partial charge in [0, 0.05) is 25.6 Å². The maximum Gasteiger partial charge on any atom is 0.234 e. The highest BCUT2D eigenvalue weighted by Crippen LogP contribution is 2.20. The smallest absolute Gasteiger partial charge is 0.234 e. The molecule has 0 aromatic heterocycles. The Kier molecular flexibility index (Phi) is 7.74. The lowest BCUT2D eigenvalue weighted by Crippen LogP contribution is -2.47. The van der Waals surface area contributed by atoms with E-state index in [4.69, 9.17) is 0 Å². The van der Waals surface area contributed by atoms with Gasteiger partial charge in [0.05, 0.1) is 12.6 Å². The minimum absolute atomic E-state index is 0.0384. The molecule has 0 saturated carbocycles. The van der Waals surface area contributed by atoms with Crippen LogP contribution in [0.25, 0.3) is 10.8 Å². The summed E-state index contributed by atoms with van der Waals surface area (Å²) in [6.45, 7) is 4.06. The number of rotatable bonds is 8. The molecule has 1 atom stereocenters. The Morgan fingerprint density at radius 2 is 1.61 bits per heavy atom. The van der Waals surface area contributed by atoms with Gasteiger partial charge in [0.2, 0.25) is 11.8 Å². The molecule has 1 heterocycles. The summed E-state index contributed by atoms with van der Waals surface area (Å²) < 4.78 is 0. The quantitative estimate of drug-likeness (QED) is 0.548. The lowest BCUT2D eigenvalue weighted by molar-refractivity contribution is -0.124. The first kappa shape index (κ1) is 23.0. The largest absolute Gasteiger partial charge is 0.353 e. The van der Waals surface area contributed by atoms with Gasteiger partial charge in [0.25, 0.3) is 0 Å². The number of benzene rings is 3. The van der Waals surface area contributed by atoms with Crippen molar-refractivity contribution in [3.8, 4) is 0 Å². The van der Waals surface area contributed by atoms with Crippen LogP contribution in [0.15, 0.2) is 72.8 Å². The average Bonchev–Trinajstić information content (AvgIpc) is 2.84. The number of fused-ring (bicyclic) bond motifs is 1. The van der Waals surface area contributed by atoms with Crippen LogP contribution in [0.3, 0.4) is 0 Å². The highest BCUT2D eigenvalue weighted by molar-refractivity contribution is 5.83. The van der Waals surface area contributed by atoms with Crippen LogP contribution in [-0.2, 0) is 16.0 Å². The van der Waals surface area contributed by atoms with E-state index in [2.05, 4.69) is 58.0 Å². The lowest BCUT2D eigenvalue weighted by Gasteiger charge is -2.32. The standard InChI is InChI=1S/C28H33N3O2/c1-21(24-13-12-23-9-5-6-10-25(23)19-24)29-28(33)20-31-17-15-26(16-18-31)30-27(32)14-11-22-7-3-2-4-8-22/h2-10,12-13,19,21,26H,11,14-18,20H2,1H3,(H,29,33)(H,30,32)/t21-/m0/s1. The van der Waals surface area contributed by atoms with E-state index in [-0.39, 0.29) is 23.9 Å². The van der Waals surface area contributed by atoms with Crippen LogP contribution in [0.4, 0.5) is 0 Å². The molecule has 1 aliphatic rings. The molecule has 1 aliphatic heterocycles. The highest BCUT2D eigenvalue weighted by Gasteiger charge is 2.22. The summed E-state index contributed by atoms with van der Waals surface area (Å²) in [6, 6.07) is 24.8. The molecule has 2 amide bonds. The molecule has 0 bridgehead atoms. The van der Waals surface area contributed by atoms with Crippen LogP contribution < -0.4 is 10.6 Å². The van der Waals surface area contributed by atoms with E-state index in [0.29, 0.717) is 13.0 Å². The fraction of sp³-hybridized carbons (Fsp3) is 0.357. The van der Waals surface area contributed by atoms with E-state index in [9.17, 15) is 9.59 Å². The van der Waals surface area contributed by atoms with Crippen molar-refractivity contribution in [2.24, 2.45) is 0 Å². The predicted octanol–water partition coefficient (Wildman–Crippen LogP) is 4.23. The highest BCUT2D eigenvalue weighted by atomic mass is 16.2. The summed E-state index contributed by atoms with van der Waals surface area (Å²) in [5, 5.41) is 8.69. The molecule has 4 rings (SSSR count). The topological polar surface area (TPSA) is 61.4 Å². The van der Waals surface area contributed by atoms with Gasteiger partial charge in [0.1, 0.15) is 0 Å². The average molecular weight is 444 g/mol. The number of amides is 2. The maximum absolute atomic E-state index is 12.6. The minimum Gasteiger partial charge on any atom is -0.353 e. The molecule has 3 aromatic carbocycles. The molecule has 0 unspecified atom stereocenters. The van der Waals surface area contributed by atoms with Crippen molar-refractivity contribution in [3.05, 3.63) is 83.9 Å². The molecule has 0 radical (unpaired) electrons. The monoisotopic (exact) mass is 443 g/mol. The van der Waals surface area contributed by atoms with Gasteiger partial charge in [-0.1, -0.05) is 66.7 Å². The van der Waals surface area contributed by atoms with Crippen LogP contribution >= 0.6 is 0 Å². The number of hydrogen-bond donors (Lipinski definition) is 2. The summed E-state index contributed by atoms with van der Waals surface area (Å²) in [4.78, 5) is 27.1. The van der Waals surface area contributed by atoms with Gasteiger partial charge in [0.15, 0.2) is 0 Å². The SMILES string of the molecule is C[C@H](NC(=O)CN1CCC(NC(=O)CCc2ccccc2)CC1)c1ccc2ccccc2c1. The molecular formula is C28H33N3O2. The molecule has 172 valence electrons. The molecule has 0 spiro atoms. The number of carbonyl (C=O) groups excluding carboxylic acids is 2. The van der Waals surface area contributed by atoms with E-state index in [1.54, 1.807) is 0 Å². The summed E-state index contributed by atoms with van der Waals surface area (Å²) >= 11 is 0. The Morgan fingerprint density at radius 1 is 0.909 bits per heavy atom. The van der Waals surface area contributed by atoms with E-state index in [1.807, 2.05) is 37.3 Å². The Labute approximate surface area is 196 Å². The molecule has 3 aromatic rings. The van der Waals surface area contributed by atoms with Crippen molar-refractivity contribution in [2.45, 2.75) is 44.7 Å². The zero-order chi connectivity index (χ0) is 23.0. The Bertz CT molecular complexity index is 1070. The minimum atomic E-state index is -0.0384. The Morgan fingerprint density at radius 3 is 2.36 bits per heavy atom. The van der Waals surface area contributed by atoms with Gasteiger partial charge >= 0.3 is 0 Å². The molecule has 2 N–H and O–H groups in total. The second-order valence-corrected chi connectivity index (χ2v) is 9.00. The second kappa shape index (κ2) is 11.1. The number of likely N-dealkylation sites (tertiary alicyclic amines) is 1. The third-order valence-corrected chi connectivity index (χ3v) is 6.45. The summed E-state index contributed by atoms with van der Waals surface area (Å²) in [5.74, 6) is 0.153. The predicted molar refractivity (Wildman–Crippen MR) is 133 cm³/mol. The van der Waals surface area contributed by atoms with Crippen LogP contribution in [0.1, 0.15) is 43.4 Å². The molecule has 5 nitrogen and oxygen atoms in total. The maximum atomic E-state index is 12.6. The van der Waals surface area contributed by atoms with Crippen LogP contribution in [-0.4, -0.2) is 42.4 Å². The summed E-state index contributed by atoms with van der Waals surface area (Å²) in [6.07, 6.45) is 3.04. The third-order valence-electron chi connectivity index (χ3n) is 6.45. The van der Waals surface area contributed by atoms with Gasteiger partial charge in [-0.2, -0.15) is 0 Å². The van der Waals surface area contributed by atoms with Crippen molar-refractivity contribution < 1.29 is 9.59 Å². The molecule has 33 heavy (non-hydrogen) atoms. The molecule has 1 fully saturated rings. The van der Waals surface area contributed by atoms with E-state index < -0.39 is 0 Å². The van der Waals surface area contributed by atoms with E-state index >= 15 is 0 Å². The zero-order valence-electron chi connectivity index (χ0n) is 19.3. The third kappa shape index (κ3) is 6.65. The molecular weight excluding hydrogens is 410 g/mol. The first-order valence-electron chi connectivity index (χ1n) is 11.9. The number of nitrogens with zero attached hydrogens (tertiary/aromatic N) is 1. The zero-order valence-corrected chi connectivity index (χ0v) is 19.3. The van der Waals surface area contributed by atoms with Gasteiger partial charge in [-0.25, -0.2) is 0 Å². The Hall–Kier alpha value is -3.18. The van der Waals surface area contributed by atoms with Crippen molar-refractivity contribution in [3.63, 3.8) is 0 Å². The number of hydrogen-bond acceptors (Lipinski definition) is 3. The molecule has 5 heteroatoms. The van der Waals surface area contributed by atoms with Gasteiger partial charge in [-0.3, -0.25) is 14.5 Å². The van der Waals surface area contributed by atoms with Crippen molar-refractivity contribution in [1.29, 1.82) is 0 Å². The fourth-order valence-electron chi connectivity index (χ4n) is 4.49. The summed E-state index contributed by atoms with van der Waals surface area (Å²) in [5.41, 5.74) is 2.30. The van der Waals surface area contributed by atoms with E-state index in [0.717, 1.165) is 37.9 Å². The van der Waals surface area contributed by atoms with Crippen molar-refractivity contribution in [2.75, 3.05) is 19.6 Å². The fourth-order valence-corrected chi connectivity index (χ4v) is 4.49.